The number of hydrogen-bond acceptors (Lipinski definition) is 6. The maximum atomic E-state index is 15.0. The first kappa shape index (κ1) is 27.0. The number of nitrogens with one attached hydrogen (secondary N) is 2. The fraction of sp³-hybridized carbons (Fsp3) is 0.292. The Morgan fingerprint density at radius 2 is 2.16 bits per heavy atom. The zero-order valence-electron chi connectivity index (χ0n) is 20.1. The first-order valence-electron chi connectivity index (χ1n) is 11.3. The lowest BCUT2D eigenvalue weighted by Gasteiger charge is -2.20. The maximum absolute atomic E-state index is 15.0. The van der Waals surface area contributed by atoms with E-state index in [1.807, 2.05) is 0 Å². The second-order valence-corrected chi connectivity index (χ2v) is 11.9. The lowest BCUT2D eigenvalue weighted by Crippen LogP contribution is -2.41. The summed E-state index contributed by atoms with van der Waals surface area (Å²) in [6.45, 7) is 2.17. The topological polar surface area (TPSA) is 115 Å². The molecule has 2 N–H and O–H groups in total. The molecule has 2 amide bonds. The largest absolute Gasteiger partial charge is 0.348 e. The summed E-state index contributed by atoms with van der Waals surface area (Å²) in [7, 11) is -2.33. The number of H-pyrrole nitrogens is 1. The van der Waals surface area contributed by atoms with Crippen LogP contribution in [0.2, 0.25) is 4.34 Å². The van der Waals surface area contributed by atoms with Crippen molar-refractivity contribution >= 4 is 56.0 Å². The Kier molecular flexibility index (Phi) is 8.12. The van der Waals surface area contributed by atoms with Gasteiger partial charge in [-0.25, -0.2) is 17.8 Å². The third-order valence-electron chi connectivity index (χ3n) is 5.91. The number of carbonyl (C=O) groups is 2. The minimum absolute atomic E-state index is 0.0108. The van der Waals surface area contributed by atoms with Crippen molar-refractivity contribution in [3.05, 3.63) is 74.6 Å². The SMILES string of the molecule is CC(=CS(=O)(=O)NC1CCN(c2ccc(C(=O)N(C)CCc3cnc[nH]3)cc2F)C1=O)c1ccc(Cl)s1. The highest BCUT2D eigenvalue weighted by molar-refractivity contribution is 7.92. The summed E-state index contributed by atoms with van der Waals surface area (Å²) < 4.78 is 43.2. The molecule has 0 bridgehead atoms. The van der Waals surface area contributed by atoms with Gasteiger partial charge in [0.05, 0.1) is 21.8 Å². The number of hydrogen-bond donors (Lipinski definition) is 2. The first-order chi connectivity index (χ1) is 17.5. The van der Waals surface area contributed by atoms with Gasteiger partial charge in [0.1, 0.15) is 11.9 Å². The average Bonchev–Trinajstić information content (AvgIpc) is 3.59. The van der Waals surface area contributed by atoms with Crippen LogP contribution in [0.4, 0.5) is 10.1 Å². The molecule has 1 saturated heterocycles. The van der Waals surface area contributed by atoms with E-state index in [0.717, 1.165) is 17.2 Å². The molecule has 1 unspecified atom stereocenters. The average molecular weight is 566 g/mol. The van der Waals surface area contributed by atoms with Crippen molar-refractivity contribution in [1.82, 2.24) is 19.6 Å². The number of carbonyl (C=O) groups excluding carboxylic acids is 2. The van der Waals surface area contributed by atoms with E-state index in [-0.39, 0.29) is 30.1 Å². The molecule has 1 aliphatic rings. The summed E-state index contributed by atoms with van der Waals surface area (Å²) in [5, 5.41) is 1.05. The Hall–Kier alpha value is -3.06. The molecule has 196 valence electrons. The van der Waals surface area contributed by atoms with Gasteiger partial charge in [0.2, 0.25) is 15.9 Å². The minimum atomic E-state index is -3.95. The van der Waals surface area contributed by atoms with Crippen LogP contribution in [-0.2, 0) is 21.2 Å². The molecule has 0 spiro atoms. The van der Waals surface area contributed by atoms with E-state index in [4.69, 9.17) is 11.6 Å². The lowest BCUT2D eigenvalue weighted by atomic mass is 10.1. The number of aromatic nitrogens is 2. The van der Waals surface area contributed by atoms with E-state index in [0.29, 0.717) is 27.8 Å². The van der Waals surface area contributed by atoms with Gasteiger partial charge in [0.25, 0.3) is 5.91 Å². The summed E-state index contributed by atoms with van der Waals surface area (Å²) in [5.74, 6) is -1.67. The standard InChI is InChI=1S/C24H25ClFN5O4S2/c1-15(21-5-6-22(25)36-21)13-37(34,35)29-19-8-10-31(24(19)33)20-4-3-16(11-18(20)26)23(32)30(2)9-7-17-12-27-14-28-17/h3-6,11-14,19,29H,7-10H2,1-2H3,(H,27,28). The molecule has 1 aromatic carbocycles. The van der Waals surface area contributed by atoms with Crippen molar-refractivity contribution < 1.29 is 22.4 Å². The molecule has 2 aromatic heterocycles. The van der Waals surface area contributed by atoms with Crippen molar-refractivity contribution in [2.75, 3.05) is 25.0 Å². The molecule has 1 aliphatic heterocycles. The molecular weight excluding hydrogens is 541 g/mol. The van der Waals surface area contributed by atoms with E-state index in [1.165, 1.54) is 33.3 Å². The van der Waals surface area contributed by atoms with E-state index < -0.39 is 27.8 Å². The quantitative estimate of drug-likeness (QED) is 0.411. The molecule has 9 nitrogen and oxygen atoms in total. The smallest absolute Gasteiger partial charge is 0.253 e. The molecule has 13 heteroatoms. The molecule has 0 radical (unpaired) electrons. The Morgan fingerprint density at radius 1 is 1.38 bits per heavy atom. The van der Waals surface area contributed by atoms with Gasteiger partial charge in [-0.15, -0.1) is 11.3 Å². The monoisotopic (exact) mass is 565 g/mol. The predicted molar refractivity (Wildman–Crippen MR) is 141 cm³/mol. The number of halogens is 2. The summed E-state index contributed by atoms with van der Waals surface area (Å²) in [6, 6.07) is 6.26. The third-order valence-corrected chi connectivity index (χ3v) is 8.55. The molecule has 4 rings (SSSR count). The van der Waals surface area contributed by atoms with Crippen LogP contribution in [0.1, 0.15) is 34.3 Å². The number of aromatic amines is 1. The molecular formula is C24H25ClFN5O4S2. The van der Waals surface area contributed by atoms with Crippen molar-refractivity contribution in [3.63, 3.8) is 0 Å². The highest BCUT2D eigenvalue weighted by Gasteiger charge is 2.36. The zero-order chi connectivity index (χ0) is 26.7. The maximum Gasteiger partial charge on any atom is 0.253 e. The van der Waals surface area contributed by atoms with Gasteiger partial charge in [0, 0.05) is 48.9 Å². The number of benzene rings is 1. The van der Waals surface area contributed by atoms with Gasteiger partial charge in [-0.3, -0.25) is 9.59 Å². The number of imidazole rings is 1. The zero-order valence-corrected chi connectivity index (χ0v) is 22.5. The van der Waals surface area contributed by atoms with Gasteiger partial charge in [-0.2, -0.15) is 4.72 Å². The summed E-state index contributed by atoms with van der Waals surface area (Å²) >= 11 is 7.16. The van der Waals surface area contributed by atoms with Crippen molar-refractivity contribution in [2.24, 2.45) is 0 Å². The summed E-state index contributed by atoms with van der Waals surface area (Å²) in [5.41, 5.74) is 1.49. The molecule has 1 fully saturated rings. The van der Waals surface area contributed by atoms with Gasteiger partial charge in [0.15, 0.2) is 0 Å². The van der Waals surface area contributed by atoms with Crippen LogP contribution in [0.5, 0.6) is 0 Å². The molecule has 3 heterocycles. The number of sulfonamides is 1. The molecule has 3 aromatic rings. The Labute approximate surface area is 223 Å². The highest BCUT2D eigenvalue weighted by atomic mass is 35.5. The van der Waals surface area contributed by atoms with E-state index >= 15 is 0 Å². The van der Waals surface area contributed by atoms with Gasteiger partial charge < -0.3 is 14.8 Å². The van der Waals surface area contributed by atoms with Crippen LogP contribution in [0.25, 0.3) is 5.57 Å². The fourth-order valence-electron chi connectivity index (χ4n) is 3.97. The number of likely N-dealkylation sites (N-methyl/N-ethyl adjacent to an activating group) is 1. The number of rotatable bonds is 9. The Morgan fingerprint density at radius 3 is 2.81 bits per heavy atom. The number of amides is 2. The Bertz CT molecular complexity index is 1440. The number of nitrogens with zero attached hydrogens (tertiary/aromatic N) is 3. The second-order valence-electron chi connectivity index (χ2n) is 8.62. The lowest BCUT2D eigenvalue weighted by molar-refractivity contribution is -0.118. The van der Waals surface area contributed by atoms with Crippen LogP contribution < -0.4 is 9.62 Å². The van der Waals surface area contributed by atoms with Gasteiger partial charge >= 0.3 is 0 Å². The number of thiophene rings is 1. The first-order valence-corrected chi connectivity index (χ1v) is 14.1. The Balaban J connectivity index is 1.41. The molecule has 37 heavy (non-hydrogen) atoms. The van der Waals surface area contributed by atoms with Crippen molar-refractivity contribution in [2.45, 2.75) is 25.8 Å². The molecule has 1 atom stereocenters. The minimum Gasteiger partial charge on any atom is -0.348 e. The van der Waals surface area contributed by atoms with Crippen LogP contribution in [0.3, 0.4) is 0 Å². The molecule has 0 saturated carbocycles. The molecule has 0 aliphatic carbocycles. The highest BCUT2D eigenvalue weighted by Crippen LogP contribution is 2.29. The van der Waals surface area contributed by atoms with Crippen LogP contribution in [0.15, 0.2) is 48.3 Å². The summed E-state index contributed by atoms with van der Waals surface area (Å²) in [4.78, 5) is 35.9. The third kappa shape index (κ3) is 6.45. The second kappa shape index (κ2) is 11.1. The van der Waals surface area contributed by atoms with Crippen LogP contribution >= 0.6 is 22.9 Å². The summed E-state index contributed by atoms with van der Waals surface area (Å²) in [6.07, 6.45) is 3.97. The van der Waals surface area contributed by atoms with Crippen molar-refractivity contribution in [1.29, 1.82) is 0 Å². The van der Waals surface area contributed by atoms with E-state index in [9.17, 15) is 22.4 Å². The predicted octanol–water partition coefficient (Wildman–Crippen LogP) is 3.66. The number of anilines is 1. The number of allylic oxidation sites excluding steroid dienone is 1. The van der Waals surface area contributed by atoms with E-state index in [2.05, 4.69) is 14.7 Å². The van der Waals surface area contributed by atoms with Crippen molar-refractivity contribution in [3.8, 4) is 0 Å². The van der Waals surface area contributed by atoms with Crippen LogP contribution in [0, 0.1) is 5.82 Å². The van der Waals surface area contributed by atoms with E-state index in [1.54, 1.807) is 38.6 Å². The fourth-order valence-corrected chi connectivity index (χ4v) is 6.33. The normalized spacial score (nSPS) is 16.4. The van der Waals surface area contributed by atoms with Gasteiger partial charge in [-0.1, -0.05) is 11.6 Å². The van der Waals surface area contributed by atoms with Gasteiger partial charge in [-0.05, 0) is 49.2 Å². The van der Waals surface area contributed by atoms with Crippen LogP contribution in [-0.4, -0.2) is 61.3 Å².